The average Bonchev–Trinajstić information content (AvgIpc) is 2.77. The summed E-state index contributed by atoms with van der Waals surface area (Å²) in [6, 6.07) is 2.16. The van der Waals surface area contributed by atoms with Crippen molar-refractivity contribution in [3.8, 4) is 0 Å². The van der Waals surface area contributed by atoms with Crippen molar-refractivity contribution < 1.29 is 23.0 Å². The average molecular weight is 283 g/mol. The largest absolute Gasteiger partial charge is 0.360 e. The van der Waals surface area contributed by atoms with Crippen LogP contribution in [0.25, 0.3) is 0 Å². The number of nitrogens with one attached hydrogen (secondary N) is 1. The number of hydrogen-bond acceptors (Lipinski definition) is 5. The Balaban J connectivity index is 2.38. The Bertz CT molecular complexity index is 699. The quantitative estimate of drug-likeness (QED) is 0.689. The smallest absolute Gasteiger partial charge is 0.285 e. The highest BCUT2D eigenvalue weighted by molar-refractivity contribution is 6.06. The number of benzene rings is 1. The summed E-state index contributed by atoms with van der Waals surface area (Å²) in [5.41, 5.74) is -1.46. The summed E-state index contributed by atoms with van der Waals surface area (Å²) in [6.07, 6.45) is 0. The van der Waals surface area contributed by atoms with Crippen LogP contribution in [0.1, 0.15) is 16.1 Å². The molecule has 2 aromatic rings. The van der Waals surface area contributed by atoms with E-state index in [1.807, 2.05) is 0 Å². The monoisotopic (exact) mass is 283 g/mol. The highest BCUT2D eigenvalue weighted by atomic mass is 19.2. The van der Waals surface area contributed by atoms with Crippen molar-refractivity contribution >= 4 is 17.4 Å². The highest BCUT2D eigenvalue weighted by Crippen LogP contribution is 2.23. The van der Waals surface area contributed by atoms with Gasteiger partial charge in [0.15, 0.2) is 17.5 Å². The minimum atomic E-state index is -1.41. The van der Waals surface area contributed by atoms with E-state index in [1.165, 1.54) is 6.07 Å². The van der Waals surface area contributed by atoms with Crippen LogP contribution in [0.4, 0.5) is 20.3 Å². The molecule has 0 aliphatic carbocycles. The first-order chi connectivity index (χ1) is 9.38. The van der Waals surface area contributed by atoms with E-state index in [2.05, 4.69) is 15.0 Å². The molecule has 1 N–H and O–H groups in total. The van der Waals surface area contributed by atoms with Gasteiger partial charge in [-0.15, -0.1) is 0 Å². The van der Waals surface area contributed by atoms with Gasteiger partial charge in [-0.05, 0) is 13.0 Å². The van der Waals surface area contributed by atoms with Crippen molar-refractivity contribution in [2.45, 2.75) is 6.92 Å². The fraction of sp³-hybridized carbons (Fsp3) is 0.0909. The SMILES string of the molecule is Cc1cc(NC(=O)c2cc(F)c(F)cc2[N+](=O)[O-])no1. The summed E-state index contributed by atoms with van der Waals surface area (Å²) in [6.45, 7) is 1.57. The number of nitro groups is 1. The third-order valence-electron chi connectivity index (χ3n) is 2.35. The number of aromatic nitrogens is 1. The van der Waals surface area contributed by atoms with E-state index in [0.717, 1.165) is 0 Å². The number of halogens is 2. The number of carbonyl (C=O) groups is 1. The van der Waals surface area contributed by atoms with Crippen LogP contribution >= 0.6 is 0 Å². The molecule has 2 rings (SSSR count). The molecule has 20 heavy (non-hydrogen) atoms. The molecule has 0 fully saturated rings. The lowest BCUT2D eigenvalue weighted by molar-refractivity contribution is -0.385. The first kappa shape index (κ1) is 13.6. The van der Waals surface area contributed by atoms with E-state index in [9.17, 15) is 23.7 Å². The maximum Gasteiger partial charge on any atom is 0.285 e. The molecule has 0 aliphatic heterocycles. The molecule has 7 nitrogen and oxygen atoms in total. The molecular formula is C11H7F2N3O4. The van der Waals surface area contributed by atoms with Crippen LogP contribution in [-0.2, 0) is 0 Å². The lowest BCUT2D eigenvalue weighted by Gasteiger charge is -2.03. The van der Waals surface area contributed by atoms with Gasteiger partial charge in [-0.25, -0.2) is 8.78 Å². The summed E-state index contributed by atoms with van der Waals surface area (Å²) in [5.74, 6) is -3.36. The van der Waals surface area contributed by atoms with Gasteiger partial charge in [-0.1, -0.05) is 5.16 Å². The van der Waals surface area contributed by atoms with Crippen molar-refractivity contribution in [3.63, 3.8) is 0 Å². The summed E-state index contributed by atoms with van der Waals surface area (Å²) < 4.78 is 30.8. The zero-order valence-electron chi connectivity index (χ0n) is 10.0. The minimum Gasteiger partial charge on any atom is -0.360 e. The van der Waals surface area contributed by atoms with Crippen LogP contribution in [0.15, 0.2) is 22.7 Å². The number of hydrogen-bond donors (Lipinski definition) is 1. The summed E-state index contributed by atoms with van der Waals surface area (Å²) in [7, 11) is 0. The highest BCUT2D eigenvalue weighted by Gasteiger charge is 2.24. The summed E-state index contributed by atoms with van der Waals surface area (Å²) >= 11 is 0. The molecule has 0 aliphatic rings. The van der Waals surface area contributed by atoms with E-state index < -0.39 is 33.7 Å². The topological polar surface area (TPSA) is 98.3 Å². The molecule has 1 amide bonds. The van der Waals surface area contributed by atoms with Crippen LogP contribution < -0.4 is 5.32 Å². The van der Waals surface area contributed by atoms with Gasteiger partial charge in [0.05, 0.1) is 11.0 Å². The maximum absolute atomic E-state index is 13.1. The molecule has 0 atom stereocenters. The fourth-order valence-corrected chi connectivity index (χ4v) is 1.48. The maximum atomic E-state index is 13.1. The Hall–Kier alpha value is -2.84. The molecule has 9 heteroatoms. The Morgan fingerprint density at radius 2 is 2.00 bits per heavy atom. The fourth-order valence-electron chi connectivity index (χ4n) is 1.48. The lowest BCUT2D eigenvalue weighted by Crippen LogP contribution is -2.15. The third-order valence-corrected chi connectivity index (χ3v) is 2.35. The summed E-state index contributed by atoms with van der Waals surface area (Å²) in [4.78, 5) is 21.6. The van der Waals surface area contributed by atoms with Crippen molar-refractivity contribution in [2.24, 2.45) is 0 Å². The van der Waals surface area contributed by atoms with E-state index in [0.29, 0.717) is 17.9 Å². The molecular weight excluding hydrogens is 276 g/mol. The number of nitro benzene ring substituents is 1. The molecule has 0 radical (unpaired) electrons. The molecule has 1 heterocycles. The van der Waals surface area contributed by atoms with E-state index in [1.54, 1.807) is 6.92 Å². The van der Waals surface area contributed by atoms with Crippen LogP contribution in [0.3, 0.4) is 0 Å². The minimum absolute atomic E-state index is 0.00605. The lowest BCUT2D eigenvalue weighted by atomic mass is 10.1. The number of anilines is 1. The van der Waals surface area contributed by atoms with Crippen LogP contribution in [0.2, 0.25) is 0 Å². The predicted molar refractivity (Wildman–Crippen MR) is 62.2 cm³/mol. The van der Waals surface area contributed by atoms with Gasteiger partial charge in [0.25, 0.3) is 11.6 Å². The van der Waals surface area contributed by atoms with E-state index in [-0.39, 0.29) is 5.82 Å². The molecule has 1 aromatic heterocycles. The first-order valence-electron chi connectivity index (χ1n) is 5.26. The summed E-state index contributed by atoms with van der Waals surface area (Å²) in [5, 5.41) is 16.4. The standard InChI is InChI=1S/C11H7F2N3O4/c1-5-2-10(15-20-5)14-11(17)6-3-7(12)8(13)4-9(6)16(18)19/h2-4H,1H3,(H,14,15,17). The van der Waals surface area contributed by atoms with Gasteiger partial charge in [0, 0.05) is 6.07 Å². The van der Waals surface area contributed by atoms with Crippen molar-refractivity contribution in [2.75, 3.05) is 5.32 Å². The Morgan fingerprint density at radius 3 is 2.55 bits per heavy atom. The van der Waals surface area contributed by atoms with Crippen molar-refractivity contribution in [1.29, 1.82) is 0 Å². The van der Waals surface area contributed by atoms with E-state index in [4.69, 9.17) is 0 Å². The Morgan fingerprint density at radius 1 is 1.35 bits per heavy atom. The second kappa shape index (κ2) is 5.03. The van der Waals surface area contributed by atoms with Crippen LogP contribution in [0, 0.1) is 28.7 Å². The van der Waals surface area contributed by atoms with Gasteiger partial charge in [0.1, 0.15) is 11.3 Å². The molecule has 0 unspecified atom stereocenters. The van der Waals surface area contributed by atoms with Gasteiger partial charge in [-0.2, -0.15) is 0 Å². The molecule has 0 saturated heterocycles. The Kier molecular flexibility index (Phi) is 3.42. The molecule has 0 saturated carbocycles. The molecule has 104 valence electrons. The molecule has 0 spiro atoms. The van der Waals surface area contributed by atoms with Gasteiger partial charge < -0.3 is 9.84 Å². The second-order valence-corrected chi connectivity index (χ2v) is 3.82. The van der Waals surface area contributed by atoms with Crippen molar-refractivity contribution in [3.05, 3.63) is 51.3 Å². The normalized spacial score (nSPS) is 10.3. The third kappa shape index (κ3) is 2.60. The van der Waals surface area contributed by atoms with Crippen LogP contribution in [-0.4, -0.2) is 16.0 Å². The number of amides is 1. The van der Waals surface area contributed by atoms with Gasteiger partial charge >= 0.3 is 0 Å². The van der Waals surface area contributed by atoms with Crippen LogP contribution in [0.5, 0.6) is 0 Å². The Labute approximate surface area is 110 Å². The van der Waals surface area contributed by atoms with Gasteiger partial charge in [-0.3, -0.25) is 14.9 Å². The van der Waals surface area contributed by atoms with Crippen molar-refractivity contribution in [1.82, 2.24) is 5.16 Å². The number of aryl methyl sites for hydroxylation is 1. The second-order valence-electron chi connectivity index (χ2n) is 3.82. The zero-order valence-corrected chi connectivity index (χ0v) is 10.0. The van der Waals surface area contributed by atoms with Gasteiger partial charge in [0.2, 0.25) is 0 Å². The number of nitrogens with zero attached hydrogens (tertiary/aromatic N) is 2. The number of rotatable bonds is 3. The first-order valence-corrected chi connectivity index (χ1v) is 5.26. The molecule has 1 aromatic carbocycles. The molecule has 0 bridgehead atoms. The predicted octanol–water partition coefficient (Wildman–Crippen LogP) is 2.42. The number of carbonyl (C=O) groups excluding carboxylic acids is 1. The van der Waals surface area contributed by atoms with E-state index >= 15 is 0 Å². The zero-order chi connectivity index (χ0) is 14.9.